The number of nitrogens with zero attached hydrogens (tertiary/aromatic N) is 1. The molecule has 2 aliphatic rings. The van der Waals surface area contributed by atoms with E-state index in [4.69, 9.17) is 4.74 Å². The normalized spacial score (nSPS) is 26.3. The van der Waals surface area contributed by atoms with Crippen molar-refractivity contribution in [3.05, 3.63) is 23.8 Å². The second-order valence-corrected chi connectivity index (χ2v) is 10.2. The molecule has 6 heteroatoms. The zero-order valence-corrected chi connectivity index (χ0v) is 17.3. The van der Waals surface area contributed by atoms with Gasteiger partial charge in [-0.25, -0.2) is 0 Å². The Morgan fingerprint density at radius 1 is 1.57 bits per heavy atom. The van der Waals surface area contributed by atoms with Crippen molar-refractivity contribution in [1.29, 1.82) is 0 Å². The molecule has 2 heterocycles. The Morgan fingerprint density at radius 3 is 3.04 bits per heavy atom. The number of hydrogen-bond acceptors (Lipinski definition) is 3. The van der Waals surface area contributed by atoms with E-state index in [0.29, 0.717) is 18.3 Å². The molecule has 1 aromatic carbocycles. The number of anilines is 1. The van der Waals surface area contributed by atoms with Crippen molar-refractivity contribution >= 4 is 32.2 Å². The second kappa shape index (κ2) is 7.00. The topological polar surface area (TPSA) is 41.6 Å². The number of ether oxygens (including phenoxy) is 1. The van der Waals surface area contributed by atoms with Crippen molar-refractivity contribution in [3.63, 3.8) is 0 Å². The van der Waals surface area contributed by atoms with E-state index in [1.165, 1.54) is 33.8 Å². The summed E-state index contributed by atoms with van der Waals surface area (Å²) in [5, 5.41) is 3.93. The molecular weight excluding hydrogens is 480 g/mol. The van der Waals surface area contributed by atoms with Crippen molar-refractivity contribution in [2.75, 3.05) is 18.0 Å². The smallest absolute Gasteiger partial charge is 0.0643 e. The Hall–Kier alpha value is -0.772. The first-order valence-electron chi connectivity index (χ1n) is 7.88. The van der Waals surface area contributed by atoms with Crippen LogP contribution in [0.5, 0.6) is 0 Å². The van der Waals surface area contributed by atoms with Crippen LogP contribution in [0.25, 0.3) is 0 Å². The van der Waals surface area contributed by atoms with Gasteiger partial charge < -0.3 is 0 Å². The number of benzene rings is 1. The summed E-state index contributed by atoms with van der Waals surface area (Å²) < 4.78 is 6.68. The maximum atomic E-state index is 12.2. The molecule has 0 radical (unpaired) electrons. The Bertz CT molecular complexity index is 677. The molecule has 1 fully saturated rings. The van der Waals surface area contributed by atoms with Gasteiger partial charge in [-0.15, -0.1) is 0 Å². The SMILES string of the molecule is C=S1c2ccc(N3C[C@H](CN[C](C)=[W])OC3=O)cc2CC1CC. The van der Waals surface area contributed by atoms with E-state index in [1.807, 2.05) is 13.0 Å². The van der Waals surface area contributed by atoms with Crippen molar-refractivity contribution in [3.8, 4) is 0 Å². The van der Waals surface area contributed by atoms with Crippen LogP contribution < -0.4 is 10.2 Å². The summed E-state index contributed by atoms with van der Waals surface area (Å²) in [5.41, 5.74) is 2.30. The van der Waals surface area contributed by atoms with Gasteiger partial charge in [0.15, 0.2) is 0 Å². The number of amides is 1. The van der Waals surface area contributed by atoms with Gasteiger partial charge in [-0.2, -0.15) is 0 Å². The van der Waals surface area contributed by atoms with E-state index in [1.54, 1.807) is 4.90 Å². The average Bonchev–Trinajstić information content (AvgIpc) is 3.05. The number of cyclic esters (lactones) is 1. The number of carbonyl (C=O) groups excluding carboxylic acids is 1. The van der Waals surface area contributed by atoms with Crippen LogP contribution in [0, 0.1) is 0 Å². The van der Waals surface area contributed by atoms with Crippen molar-refractivity contribution in [2.24, 2.45) is 0 Å². The van der Waals surface area contributed by atoms with Crippen LogP contribution >= 0.6 is 10.5 Å². The molecule has 0 saturated carbocycles. The molecule has 0 aromatic heterocycles. The number of rotatable bonds is 5. The quantitative estimate of drug-likeness (QED) is 0.630. The average molecular weight is 502 g/mol. The molecule has 124 valence electrons. The number of hydrogen-bond donors (Lipinski definition) is 1. The molecule has 1 saturated heterocycles. The third-order valence-electron chi connectivity index (χ3n) is 4.40. The van der Waals surface area contributed by atoms with Gasteiger partial charge in [-0.3, -0.25) is 0 Å². The fourth-order valence-electron chi connectivity index (χ4n) is 3.12. The van der Waals surface area contributed by atoms with E-state index in [2.05, 4.69) is 30.2 Å². The van der Waals surface area contributed by atoms with E-state index < -0.39 is 0 Å². The predicted octanol–water partition coefficient (Wildman–Crippen LogP) is 2.69. The molecule has 0 aliphatic carbocycles. The molecule has 0 spiro atoms. The molecule has 1 N–H and O–H groups in total. The first kappa shape index (κ1) is 17.1. The molecule has 23 heavy (non-hydrogen) atoms. The molecule has 3 rings (SSSR count). The minimum Gasteiger partial charge on any atom is -0.0643 e. The summed E-state index contributed by atoms with van der Waals surface area (Å²) in [6, 6.07) is 6.36. The Labute approximate surface area is 150 Å². The van der Waals surface area contributed by atoms with Crippen LogP contribution in [0.2, 0.25) is 0 Å². The maximum absolute atomic E-state index is 12.2. The summed E-state index contributed by atoms with van der Waals surface area (Å²) in [5.74, 6) is 4.34. The number of carbonyl (C=O) groups is 1. The molecule has 3 atom stereocenters. The van der Waals surface area contributed by atoms with Crippen molar-refractivity contribution < 1.29 is 28.9 Å². The van der Waals surface area contributed by atoms with Gasteiger partial charge in [-0.05, 0) is 0 Å². The fourth-order valence-corrected chi connectivity index (χ4v) is 5.28. The monoisotopic (exact) mass is 502 g/mol. The molecular formula is C17H22N2O2SW. The third kappa shape index (κ3) is 3.52. The van der Waals surface area contributed by atoms with Crippen molar-refractivity contribution in [1.82, 2.24) is 5.32 Å². The van der Waals surface area contributed by atoms with E-state index >= 15 is 0 Å². The van der Waals surface area contributed by atoms with Gasteiger partial charge in [0.2, 0.25) is 0 Å². The molecule has 0 bridgehead atoms. The van der Waals surface area contributed by atoms with Crippen molar-refractivity contribution in [2.45, 2.75) is 42.9 Å². The van der Waals surface area contributed by atoms with Gasteiger partial charge in [0.05, 0.1) is 0 Å². The van der Waals surface area contributed by atoms with Gasteiger partial charge in [-0.1, -0.05) is 6.92 Å². The van der Waals surface area contributed by atoms with Crippen LogP contribution in [-0.2, 0) is 30.5 Å². The fraction of sp³-hybridized carbons (Fsp3) is 0.471. The standard InChI is InChI=1S/C17H22N2O2S.W/c1-4-15-9-12-8-13(6-7-16(12)22(15)3)19-11-14(10-18-5-2)21-17(19)20;/h6-8,14-15,18H,3-4,9-11H2,1-2H3;/t14-,15?,22?;/m0./s1. The van der Waals surface area contributed by atoms with Gasteiger partial charge in [0, 0.05) is 0 Å². The molecule has 2 unspecified atom stereocenters. The number of nitrogens with one attached hydrogen (secondary N) is 1. The van der Waals surface area contributed by atoms with E-state index in [-0.39, 0.29) is 22.7 Å². The van der Waals surface area contributed by atoms with E-state index in [9.17, 15) is 4.79 Å². The second-order valence-electron chi connectivity index (χ2n) is 6.01. The summed E-state index contributed by atoms with van der Waals surface area (Å²) in [6.45, 7) is 5.57. The predicted molar refractivity (Wildman–Crippen MR) is 93.5 cm³/mol. The number of fused-ring (bicyclic) bond motifs is 1. The molecule has 2 aliphatic heterocycles. The first-order chi connectivity index (χ1) is 11.0. The summed E-state index contributed by atoms with van der Waals surface area (Å²) in [7, 11) is 0.0854. The van der Waals surface area contributed by atoms with Crippen LogP contribution in [0.15, 0.2) is 23.1 Å². The Kier molecular flexibility index (Phi) is 5.19. The van der Waals surface area contributed by atoms with Crippen LogP contribution in [0.1, 0.15) is 25.8 Å². The zero-order chi connectivity index (χ0) is 16.6. The van der Waals surface area contributed by atoms with Crippen LogP contribution in [-0.4, -0.2) is 40.4 Å². The summed E-state index contributed by atoms with van der Waals surface area (Å²) >= 11 is 1.41. The van der Waals surface area contributed by atoms with Crippen LogP contribution in [0.4, 0.5) is 10.5 Å². The Balaban J connectivity index is 1.75. The first-order valence-corrected chi connectivity index (χ1v) is 10.8. The van der Waals surface area contributed by atoms with E-state index in [0.717, 1.165) is 18.5 Å². The minimum atomic E-state index is -0.239. The molecule has 1 amide bonds. The Morgan fingerprint density at radius 2 is 2.35 bits per heavy atom. The summed E-state index contributed by atoms with van der Waals surface area (Å²) in [6.07, 6.45) is 1.91. The van der Waals surface area contributed by atoms with Gasteiger partial charge >= 0.3 is 144 Å². The molecule has 1 aromatic rings. The third-order valence-corrected chi connectivity index (χ3v) is 7.18. The molecule has 4 nitrogen and oxygen atoms in total. The van der Waals surface area contributed by atoms with Gasteiger partial charge in [0.1, 0.15) is 0 Å². The zero-order valence-electron chi connectivity index (χ0n) is 13.5. The van der Waals surface area contributed by atoms with Crippen LogP contribution in [0.3, 0.4) is 0 Å². The minimum absolute atomic E-state index is 0.0854. The summed E-state index contributed by atoms with van der Waals surface area (Å²) in [4.78, 5) is 15.3. The van der Waals surface area contributed by atoms with Gasteiger partial charge in [0.25, 0.3) is 0 Å².